The van der Waals surface area contributed by atoms with Crippen LogP contribution in [0.4, 0.5) is 4.39 Å². The standard InChI is InChI=1S/C31H32FN3O3S/c1-21-14-29-22(17-33-35(29)26-10-8-25(32)9-11-26)15-28(21)30-19-31(38-2,23-6-4-3-5-7-23)16-24(30)18-34(20-30)39(36,37)27-12-13-27/h3-11,14-15,17,24,27H,12-13,16,18-20H2,1-2H3. The second-order valence-electron chi connectivity index (χ2n) is 11.6. The molecule has 202 valence electrons. The number of aromatic nitrogens is 2. The number of nitrogens with zero attached hydrogens (tertiary/aromatic N) is 3. The molecule has 0 amide bonds. The van der Waals surface area contributed by atoms with Gasteiger partial charge in [0.1, 0.15) is 5.82 Å². The predicted molar refractivity (Wildman–Crippen MR) is 149 cm³/mol. The first-order valence-corrected chi connectivity index (χ1v) is 15.1. The Bertz CT molecular complexity index is 1670. The Balaban J connectivity index is 1.36. The van der Waals surface area contributed by atoms with Crippen LogP contribution in [0.25, 0.3) is 16.6 Å². The van der Waals surface area contributed by atoms with Gasteiger partial charge in [-0.15, -0.1) is 0 Å². The smallest absolute Gasteiger partial charge is 0.217 e. The Morgan fingerprint density at radius 3 is 2.49 bits per heavy atom. The van der Waals surface area contributed by atoms with Crippen LogP contribution >= 0.6 is 0 Å². The van der Waals surface area contributed by atoms with Crippen molar-refractivity contribution in [1.82, 2.24) is 14.1 Å². The van der Waals surface area contributed by atoms with Gasteiger partial charge in [-0.05, 0) is 91.6 Å². The molecule has 1 saturated heterocycles. The minimum absolute atomic E-state index is 0.120. The molecule has 0 spiro atoms. The lowest BCUT2D eigenvalue weighted by Gasteiger charge is -2.35. The van der Waals surface area contributed by atoms with Gasteiger partial charge < -0.3 is 4.74 Å². The average Bonchev–Trinajstić information content (AvgIpc) is 3.53. The molecule has 1 aromatic heterocycles. The molecule has 2 aliphatic carbocycles. The number of methoxy groups -OCH3 is 1. The van der Waals surface area contributed by atoms with Gasteiger partial charge in [0.05, 0.1) is 28.3 Å². The minimum Gasteiger partial charge on any atom is -0.373 e. The fourth-order valence-electron chi connectivity index (χ4n) is 7.28. The fraction of sp³-hybridized carbons (Fsp3) is 0.387. The summed E-state index contributed by atoms with van der Waals surface area (Å²) in [6, 6.07) is 21.0. The summed E-state index contributed by atoms with van der Waals surface area (Å²) in [6.45, 7) is 3.09. The molecule has 6 nitrogen and oxygen atoms in total. The minimum atomic E-state index is -3.31. The van der Waals surface area contributed by atoms with E-state index >= 15 is 0 Å². The monoisotopic (exact) mass is 545 g/mol. The lowest BCUT2D eigenvalue weighted by Crippen LogP contribution is -2.39. The van der Waals surface area contributed by atoms with E-state index in [1.54, 1.807) is 23.5 Å². The number of fused-ring (bicyclic) bond motifs is 2. The van der Waals surface area contributed by atoms with E-state index in [1.807, 2.05) is 29.1 Å². The van der Waals surface area contributed by atoms with Gasteiger partial charge in [0.25, 0.3) is 0 Å². The Morgan fingerprint density at radius 1 is 1.05 bits per heavy atom. The summed E-state index contributed by atoms with van der Waals surface area (Å²) in [5, 5.41) is 5.38. The number of benzene rings is 3. The number of sulfonamides is 1. The second-order valence-corrected chi connectivity index (χ2v) is 13.8. The van der Waals surface area contributed by atoms with E-state index < -0.39 is 15.6 Å². The van der Waals surface area contributed by atoms with Crippen LogP contribution in [0, 0.1) is 18.7 Å². The van der Waals surface area contributed by atoms with Gasteiger partial charge in [0.15, 0.2) is 0 Å². The molecule has 7 rings (SSSR count). The van der Waals surface area contributed by atoms with E-state index in [0.29, 0.717) is 19.5 Å². The van der Waals surface area contributed by atoms with Crippen LogP contribution in [0.1, 0.15) is 42.4 Å². The molecule has 3 fully saturated rings. The van der Waals surface area contributed by atoms with Crippen molar-refractivity contribution in [3.8, 4) is 5.69 Å². The van der Waals surface area contributed by atoms with Gasteiger partial charge in [-0.1, -0.05) is 30.3 Å². The summed E-state index contributed by atoms with van der Waals surface area (Å²) in [4.78, 5) is 0. The van der Waals surface area contributed by atoms with Crippen molar-refractivity contribution in [1.29, 1.82) is 0 Å². The molecule has 3 atom stereocenters. The van der Waals surface area contributed by atoms with Gasteiger partial charge in [0.2, 0.25) is 10.0 Å². The van der Waals surface area contributed by atoms with Crippen molar-refractivity contribution in [3.05, 3.63) is 95.4 Å². The number of hydrogen-bond acceptors (Lipinski definition) is 4. The van der Waals surface area contributed by atoms with E-state index in [4.69, 9.17) is 4.74 Å². The average molecular weight is 546 g/mol. The highest BCUT2D eigenvalue weighted by Crippen LogP contribution is 2.60. The molecule has 0 radical (unpaired) electrons. The molecule has 0 bridgehead atoms. The van der Waals surface area contributed by atoms with Crippen molar-refractivity contribution < 1.29 is 17.5 Å². The van der Waals surface area contributed by atoms with Crippen molar-refractivity contribution >= 4 is 20.9 Å². The lowest BCUT2D eigenvalue weighted by atomic mass is 9.72. The summed E-state index contributed by atoms with van der Waals surface area (Å²) < 4.78 is 50.4. The summed E-state index contributed by atoms with van der Waals surface area (Å²) in [5.74, 6) is -0.165. The van der Waals surface area contributed by atoms with Crippen LogP contribution in [-0.4, -0.2) is 48.0 Å². The zero-order chi connectivity index (χ0) is 27.0. The maximum Gasteiger partial charge on any atom is 0.217 e. The summed E-state index contributed by atoms with van der Waals surface area (Å²) in [5.41, 5.74) is 4.27. The number of aryl methyl sites for hydroxylation is 1. The molecule has 2 heterocycles. The fourth-order valence-corrected chi connectivity index (χ4v) is 9.23. The molecule has 8 heteroatoms. The van der Waals surface area contributed by atoms with Crippen LogP contribution in [0.5, 0.6) is 0 Å². The SMILES string of the molecule is COC1(c2ccccc2)CC2CN(S(=O)(=O)C3CC3)CC2(c2cc3cnn(-c4ccc(F)cc4)c3cc2C)C1. The van der Waals surface area contributed by atoms with E-state index in [2.05, 4.69) is 36.3 Å². The van der Waals surface area contributed by atoms with Crippen LogP contribution in [0.15, 0.2) is 72.9 Å². The van der Waals surface area contributed by atoms with Gasteiger partial charge in [0, 0.05) is 31.0 Å². The normalized spacial score (nSPS) is 27.3. The molecule has 3 aromatic carbocycles. The molecule has 39 heavy (non-hydrogen) atoms. The molecular weight excluding hydrogens is 513 g/mol. The van der Waals surface area contributed by atoms with Crippen molar-refractivity contribution in [2.75, 3.05) is 20.2 Å². The highest BCUT2D eigenvalue weighted by molar-refractivity contribution is 7.90. The Morgan fingerprint density at radius 2 is 1.79 bits per heavy atom. The molecular formula is C31H32FN3O3S. The summed E-state index contributed by atoms with van der Waals surface area (Å²) >= 11 is 0. The summed E-state index contributed by atoms with van der Waals surface area (Å²) in [7, 11) is -1.53. The van der Waals surface area contributed by atoms with Crippen LogP contribution in [0.3, 0.4) is 0 Å². The van der Waals surface area contributed by atoms with E-state index in [9.17, 15) is 12.8 Å². The van der Waals surface area contributed by atoms with Gasteiger partial charge >= 0.3 is 0 Å². The van der Waals surface area contributed by atoms with Crippen LogP contribution in [0.2, 0.25) is 0 Å². The van der Waals surface area contributed by atoms with Crippen molar-refractivity contribution in [3.63, 3.8) is 0 Å². The van der Waals surface area contributed by atoms with Gasteiger partial charge in [-0.2, -0.15) is 5.10 Å². The van der Waals surface area contributed by atoms with Crippen LogP contribution < -0.4 is 0 Å². The molecule has 0 N–H and O–H groups in total. The molecule has 2 saturated carbocycles. The number of hydrogen-bond donors (Lipinski definition) is 0. The van der Waals surface area contributed by atoms with Crippen molar-refractivity contribution in [2.24, 2.45) is 5.92 Å². The Labute approximate surface area is 228 Å². The van der Waals surface area contributed by atoms with Gasteiger partial charge in [-0.25, -0.2) is 21.8 Å². The maximum absolute atomic E-state index is 13.6. The lowest BCUT2D eigenvalue weighted by molar-refractivity contribution is -0.0183. The molecule has 3 unspecified atom stereocenters. The third kappa shape index (κ3) is 3.79. The maximum atomic E-state index is 13.6. The number of rotatable bonds is 6. The molecule has 3 aliphatic rings. The first-order valence-electron chi connectivity index (χ1n) is 13.6. The largest absolute Gasteiger partial charge is 0.373 e. The molecule has 4 aromatic rings. The zero-order valence-corrected chi connectivity index (χ0v) is 23.0. The topological polar surface area (TPSA) is 64.4 Å². The first kappa shape index (κ1) is 24.9. The van der Waals surface area contributed by atoms with E-state index in [0.717, 1.165) is 47.0 Å². The first-order chi connectivity index (χ1) is 18.8. The van der Waals surface area contributed by atoms with Crippen molar-refractivity contribution in [2.45, 2.75) is 48.9 Å². The third-order valence-electron chi connectivity index (χ3n) is 9.36. The highest BCUT2D eigenvalue weighted by atomic mass is 32.2. The highest BCUT2D eigenvalue weighted by Gasteiger charge is 2.63. The Hall–Kier alpha value is -3.07. The van der Waals surface area contributed by atoms with E-state index in [1.165, 1.54) is 17.7 Å². The molecule has 1 aliphatic heterocycles. The second kappa shape index (κ2) is 8.71. The number of ether oxygens (including phenoxy) is 1. The summed E-state index contributed by atoms with van der Waals surface area (Å²) in [6.07, 6.45) is 4.83. The zero-order valence-electron chi connectivity index (χ0n) is 22.2. The number of halogens is 1. The van der Waals surface area contributed by atoms with Gasteiger partial charge in [-0.3, -0.25) is 0 Å². The third-order valence-corrected chi connectivity index (χ3v) is 11.7. The predicted octanol–water partition coefficient (Wildman–Crippen LogP) is 5.47. The van der Waals surface area contributed by atoms with Crippen LogP contribution in [-0.2, 0) is 25.8 Å². The van der Waals surface area contributed by atoms with E-state index in [-0.39, 0.29) is 22.4 Å². The quantitative estimate of drug-likeness (QED) is 0.322. The Kier molecular flexibility index (Phi) is 5.57.